The molecular formula is C17H27BrN2. The Balaban J connectivity index is 2.08. The van der Waals surface area contributed by atoms with Gasteiger partial charge in [0.25, 0.3) is 0 Å². The van der Waals surface area contributed by atoms with Crippen molar-refractivity contribution in [3.63, 3.8) is 0 Å². The van der Waals surface area contributed by atoms with E-state index >= 15 is 0 Å². The predicted molar refractivity (Wildman–Crippen MR) is 90.1 cm³/mol. The second-order valence-electron chi connectivity index (χ2n) is 5.76. The van der Waals surface area contributed by atoms with E-state index in [1.54, 1.807) is 0 Å². The summed E-state index contributed by atoms with van der Waals surface area (Å²) in [6.45, 7) is 8.15. The quantitative estimate of drug-likeness (QED) is 0.794. The summed E-state index contributed by atoms with van der Waals surface area (Å²) in [4.78, 5) is 2.67. The van der Waals surface area contributed by atoms with Crippen molar-refractivity contribution in [2.45, 2.75) is 51.6 Å². The second kappa shape index (κ2) is 8.16. The van der Waals surface area contributed by atoms with Crippen LogP contribution in [0.5, 0.6) is 0 Å². The average Bonchev–Trinajstić information content (AvgIpc) is 2.95. The van der Waals surface area contributed by atoms with E-state index in [1.165, 1.54) is 50.9 Å². The summed E-state index contributed by atoms with van der Waals surface area (Å²) in [5, 5.41) is 3.64. The molecule has 0 bridgehead atoms. The van der Waals surface area contributed by atoms with Crippen LogP contribution in [0.2, 0.25) is 0 Å². The zero-order valence-corrected chi connectivity index (χ0v) is 14.3. The van der Waals surface area contributed by atoms with Crippen molar-refractivity contribution in [2.75, 3.05) is 19.6 Å². The van der Waals surface area contributed by atoms with Gasteiger partial charge in [0.1, 0.15) is 0 Å². The largest absolute Gasteiger partial charge is 0.313 e. The van der Waals surface area contributed by atoms with E-state index in [0.717, 1.165) is 4.47 Å². The van der Waals surface area contributed by atoms with Crippen molar-refractivity contribution >= 4 is 15.9 Å². The molecule has 0 amide bonds. The first-order valence-electron chi connectivity index (χ1n) is 7.97. The van der Waals surface area contributed by atoms with Gasteiger partial charge in [0, 0.05) is 23.1 Å². The maximum Gasteiger partial charge on any atom is 0.0346 e. The maximum atomic E-state index is 3.64. The fourth-order valence-electron chi connectivity index (χ4n) is 3.25. The molecule has 1 aromatic rings. The molecule has 0 spiro atoms. The van der Waals surface area contributed by atoms with Crippen molar-refractivity contribution in [1.82, 2.24) is 10.2 Å². The van der Waals surface area contributed by atoms with Crippen LogP contribution in [0.15, 0.2) is 28.7 Å². The summed E-state index contributed by atoms with van der Waals surface area (Å²) in [7, 11) is 0. The molecule has 1 aromatic carbocycles. The highest BCUT2D eigenvalue weighted by Gasteiger charge is 2.23. The topological polar surface area (TPSA) is 15.3 Å². The number of rotatable bonds is 7. The van der Waals surface area contributed by atoms with Gasteiger partial charge in [-0.3, -0.25) is 4.90 Å². The van der Waals surface area contributed by atoms with Crippen LogP contribution in [-0.4, -0.2) is 30.6 Å². The van der Waals surface area contributed by atoms with Gasteiger partial charge < -0.3 is 5.32 Å². The molecule has 1 aliphatic heterocycles. The molecular weight excluding hydrogens is 312 g/mol. The first kappa shape index (κ1) is 16.0. The predicted octanol–water partition coefficient (Wildman–Crippen LogP) is 4.36. The molecule has 1 fully saturated rings. The molecule has 112 valence electrons. The number of nitrogens with one attached hydrogen (secondary N) is 1. The molecule has 1 N–H and O–H groups in total. The monoisotopic (exact) mass is 338 g/mol. The fourth-order valence-corrected chi connectivity index (χ4v) is 3.51. The van der Waals surface area contributed by atoms with E-state index < -0.39 is 0 Å². The average molecular weight is 339 g/mol. The lowest BCUT2D eigenvalue weighted by atomic mass is 10.0. The molecule has 0 saturated carbocycles. The number of hydrogen-bond donors (Lipinski definition) is 1. The van der Waals surface area contributed by atoms with Crippen molar-refractivity contribution in [3.05, 3.63) is 34.3 Å². The van der Waals surface area contributed by atoms with Gasteiger partial charge in [0.2, 0.25) is 0 Å². The number of hydrogen-bond acceptors (Lipinski definition) is 2. The van der Waals surface area contributed by atoms with Crippen molar-refractivity contribution in [2.24, 2.45) is 0 Å². The lowest BCUT2D eigenvalue weighted by molar-refractivity contribution is 0.176. The highest BCUT2D eigenvalue weighted by Crippen LogP contribution is 2.26. The Labute approximate surface area is 132 Å². The zero-order valence-electron chi connectivity index (χ0n) is 12.7. The number of benzene rings is 1. The van der Waals surface area contributed by atoms with Gasteiger partial charge in [0.15, 0.2) is 0 Å². The van der Waals surface area contributed by atoms with E-state index in [4.69, 9.17) is 0 Å². The SMILES string of the molecule is CCCN(CC1CCCN1)C(CC)c1ccc(Br)cc1. The van der Waals surface area contributed by atoms with Crippen LogP contribution < -0.4 is 5.32 Å². The number of halogens is 1. The Morgan fingerprint density at radius 2 is 2.05 bits per heavy atom. The minimum absolute atomic E-state index is 0.547. The molecule has 1 aliphatic rings. The minimum atomic E-state index is 0.547. The van der Waals surface area contributed by atoms with Gasteiger partial charge in [-0.2, -0.15) is 0 Å². The molecule has 20 heavy (non-hydrogen) atoms. The molecule has 2 rings (SSSR count). The van der Waals surface area contributed by atoms with Crippen LogP contribution >= 0.6 is 15.9 Å². The summed E-state index contributed by atoms with van der Waals surface area (Å²) >= 11 is 3.53. The van der Waals surface area contributed by atoms with Crippen molar-refractivity contribution < 1.29 is 0 Å². The first-order chi connectivity index (χ1) is 9.74. The number of nitrogens with zero attached hydrogens (tertiary/aromatic N) is 1. The summed E-state index contributed by atoms with van der Waals surface area (Å²) in [6.07, 6.45) is 5.06. The lowest BCUT2D eigenvalue weighted by Crippen LogP contribution is -2.40. The Hall–Kier alpha value is -0.380. The van der Waals surface area contributed by atoms with Gasteiger partial charge in [-0.15, -0.1) is 0 Å². The van der Waals surface area contributed by atoms with Gasteiger partial charge in [0.05, 0.1) is 0 Å². The highest BCUT2D eigenvalue weighted by molar-refractivity contribution is 9.10. The highest BCUT2D eigenvalue weighted by atomic mass is 79.9. The molecule has 2 atom stereocenters. The zero-order chi connectivity index (χ0) is 14.4. The fraction of sp³-hybridized carbons (Fsp3) is 0.647. The summed E-state index contributed by atoms with van der Waals surface area (Å²) < 4.78 is 1.16. The molecule has 3 heteroatoms. The Morgan fingerprint density at radius 1 is 1.30 bits per heavy atom. The van der Waals surface area contributed by atoms with Crippen molar-refractivity contribution in [3.8, 4) is 0 Å². The third-order valence-corrected chi connectivity index (χ3v) is 4.74. The summed E-state index contributed by atoms with van der Waals surface area (Å²) in [5.41, 5.74) is 1.45. The van der Waals surface area contributed by atoms with E-state index in [2.05, 4.69) is 64.3 Å². The maximum absolute atomic E-state index is 3.64. The van der Waals surface area contributed by atoms with Gasteiger partial charge in [-0.1, -0.05) is 41.9 Å². The van der Waals surface area contributed by atoms with Crippen molar-refractivity contribution in [1.29, 1.82) is 0 Å². The third kappa shape index (κ3) is 4.31. The van der Waals surface area contributed by atoms with Gasteiger partial charge in [-0.25, -0.2) is 0 Å². The molecule has 0 aromatic heterocycles. The second-order valence-corrected chi connectivity index (χ2v) is 6.68. The Kier molecular flexibility index (Phi) is 6.53. The standard InChI is InChI=1S/C17H27BrN2/c1-3-12-20(13-16-6-5-11-19-16)17(4-2)14-7-9-15(18)10-8-14/h7-10,16-17,19H,3-6,11-13H2,1-2H3. The van der Waals surface area contributed by atoms with Crippen LogP contribution in [-0.2, 0) is 0 Å². The van der Waals surface area contributed by atoms with Crippen LogP contribution in [0.25, 0.3) is 0 Å². The molecule has 0 radical (unpaired) electrons. The first-order valence-corrected chi connectivity index (χ1v) is 8.76. The normalized spacial score (nSPS) is 20.5. The smallest absolute Gasteiger partial charge is 0.0346 e. The molecule has 1 heterocycles. The Morgan fingerprint density at radius 3 is 2.60 bits per heavy atom. The molecule has 1 saturated heterocycles. The van der Waals surface area contributed by atoms with E-state index in [9.17, 15) is 0 Å². The van der Waals surface area contributed by atoms with E-state index in [-0.39, 0.29) is 0 Å². The van der Waals surface area contributed by atoms with E-state index in [1.807, 2.05) is 0 Å². The molecule has 2 nitrogen and oxygen atoms in total. The minimum Gasteiger partial charge on any atom is -0.313 e. The van der Waals surface area contributed by atoms with Crippen LogP contribution in [0.4, 0.5) is 0 Å². The summed E-state index contributed by atoms with van der Waals surface area (Å²) in [6, 6.07) is 10.1. The lowest BCUT2D eigenvalue weighted by Gasteiger charge is -2.33. The van der Waals surface area contributed by atoms with Crippen LogP contribution in [0.1, 0.15) is 51.1 Å². The summed E-state index contributed by atoms with van der Waals surface area (Å²) in [5.74, 6) is 0. The van der Waals surface area contributed by atoms with E-state index in [0.29, 0.717) is 12.1 Å². The van der Waals surface area contributed by atoms with Crippen LogP contribution in [0.3, 0.4) is 0 Å². The molecule has 0 aliphatic carbocycles. The van der Waals surface area contributed by atoms with Gasteiger partial charge >= 0.3 is 0 Å². The third-order valence-electron chi connectivity index (χ3n) is 4.21. The molecule has 2 unspecified atom stereocenters. The van der Waals surface area contributed by atoms with Gasteiger partial charge in [-0.05, 0) is 56.5 Å². The van der Waals surface area contributed by atoms with Crippen LogP contribution in [0, 0.1) is 0 Å². The Bertz CT molecular complexity index is 384.